The van der Waals surface area contributed by atoms with E-state index in [4.69, 9.17) is 11.5 Å². The fourth-order valence-corrected chi connectivity index (χ4v) is 1.69. The van der Waals surface area contributed by atoms with Crippen LogP contribution in [0.3, 0.4) is 0 Å². The Kier molecular flexibility index (Phi) is 7.75. The molecule has 0 bridgehead atoms. The van der Waals surface area contributed by atoms with Crippen LogP contribution in [0, 0.1) is 12.3 Å². The van der Waals surface area contributed by atoms with Gasteiger partial charge in [0.2, 0.25) is 0 Å². The summed E-state index contributed by atoms with van der Waals surface area (Å²) in [4.78, 5) is 12.5. The Bertz CT molecular complexity index is 220. The fraction of sp³-hybridized carbons (Fsp3) is 0.750. The Morgan fingerprint density at radius 2 is 2.20 bits per heavy atom. The maximum atomic E-state index is 10.7. The van der Waals surface area contributed by atoms with E-state index in [0.717, 1.165) is 25.7 Å². The van der Waals surface area contributed by atoms with E-state index in [2.05, 4.69) is 19.8 Å². The van der Waals surface area contributed by atoms with Crippen LogP contribution in [0.4, 0.5) is 0 Å². The first-order valence-electron chi connectivity index (χ1n) is 5.54. The Morgan fingerprint density at radius 3 is 2.60 bits per heavy atom. The molecule has 3 heteroatoms. The average molecular weight is 211 g/mol. The van der Waals surface area contributed by atoms with Gasteiger partial charge < -0.3 is 5.11 Å². The summed E-state index contributed by atoms with van der Waals surface area (Å²) >= 11 is 0. The van der Waals surface area contributed by atoms with E-state index in [0.29, 0.717) is 12.6 Å². The van der Waals surface area contributed by atoms with Crippen LogP contribution in [0.25, 0.3) is 0 Å². The Morgan fingerprint density at radius 1 is 1.53 bits per heavy atom. The summed E-state index contributed by atoms with van der Waals surface area (Å²) in [7, 11) is 0. The van der Waals surface area contributed by atoms with Gasteiger partial charge in [-0.15, -0.1) is 6.42 Å². The summed E-state index contributed by atoms with van der Waals surface area (Å²) < 4.78 is 0. The summed E-state index contributed by atoms with van der Waals surface area (Å²) in [6.45, 7) is 4.68. The van der Waals surface area contributed by atoms with Crippen LogP contribution in [0.1, 0.15) is 39.5 Å². The number of hydrogen-bond acceptors (Lipinski definition) is 2. The van der Waals surface area contributed by atoms with Crippen molar-refractivity contribution in [3.05, 3.63) is 0 Å². The van der Waals surface area contributed by atoms with Gasteiger partial charge in [-0.1, -0.05) is 32.6 Å². The summed E-state index contributed by atoms with van der Waals surface area (Å²) in [6.07, 6.45) is 9.48. The molecule has 0 saturated carbocycles. The van der Waals surface area contributed by atoms with E-state index >= 15 is 0 Å². The zero-order chi connectivity index (χ0) is 11.7. The van der Waals surface area contributed by atoms with Gasteiger partial charge in [-0.2, -0.15) is 0 Å². The molecule has 0 saturated heterocycles. The van der Waals surface area contributed by atoms with Crippen molar-refractivity contribution in [2.24, 2.45) is 0 Å². The minimum absolute atomic E-state index is 0.0480. The number of rotatable bonds is 8. The van der Waals surface area contributed by atoms with E-state index in [1.807, 2.05) is 4.90 Å². The van der Waals surface area contributed by atoms with Crippen molar-refractivity contribution in [1.29, 1.82) is 0 Å². The number of carboxylic acids is 1. The van der Waals surface area contributed by atoms with E-state index < -0.39 is 5.97 Å². The number of aliphatic carboxylic acids is 1. The maximum Gasteiger partial charge on any atom is 0.317 e. The van der Waals surface area contributed by atoms with Gasteiger partial charge in [-0.25, -0.2) is 0 Å². The van der Waals surface area contributed by atoms with Crippen LogP contribution in [0.5, 0.6) is 0 Å². The van der Waals surface area contributed by atoms with Gasteiger partial charge in [0, 0.05) is 6.04 Å². The fourth-order valence-electron chi connectivity index (χ4n) is 1.69. The third-order valence-electron chi connectivity index (χ3n) is 2.51. The molecule has 0 aliphatic rings. The molecule has 0 aliphatic heterocycles. The van der Waals surface area contributed by atoms with Crippen LogP contribution in [-0.4, -0.2) is 35.1 Å². The van der Waals surface area contributed by atoms with Gasteiger partial charge in [0.1, 0.15) is 0 Å². The number of terminal acetylenes is 1. The molecule has 15 heavy (non-hydrogen) atoms. The first-order chi connectivity index (χ1) is 7.15. The van der Waals surface area contributed by atoms with Crippen molar-refractivity contribution in [1.82, 2.24) is 4.90 Å². The smallest absolute Gasteiger partial charge is 0.317 e. The zero-order valence-corrected chi connectivity index (χ0v) is 9.70. The van der Waals surface area contributed by atoms with Crippen LogP contribution in [0.2, 0.25) is 0 Å². The molecule has 0 rings (SSSR count). The normalized spacial score (nSPS) is 12.4. The second-order valence-corrected chi connectivity index (χ2v) is 3.71. The lowest BCUT2D eigenvalue weighted by Crippen LogP contribution is -2.39. The predicted molar refractivity (Wildman–Crippen MR) is 61.6 cm³/mol. The van der Waals surface area contributed by atoms with E-state index in [1.165, 1.54) is 0 Å². The first-order valence-corrected chi connectivity index (χ1v) is 5.54. The van der Waals surface area contributed by atoms with E-state index in [1.54, 1.807) is 0 Å². The number of carbonyl (C=O) groups is 1. The predicted octanol–water partition coefficient (Wildman–Crippen LogP) is 1.97. The molecule has 0 heterocycles. The molecule has 1 N–H and O–H groups in total. The van der Waals surface area contributed by atoms with Gasteiger partial charge in [-0.05, 0) is 12.8 Å². The largest absolute Gasteiger partial charge is 0.480 e. The zero-order valence-electron chi connectivity index (χ0n) is 9.70. The molecule has 0 aromatic rings. The van der Waals surface area contributed by atoms with Gasteiger partial charge in [0.15, 0.2) is 0 Å². The van der Waals surface area contributed by atoms with Crippen molar-refractivity contribution >= 4 is 5.97 Å². The summed E-state index contributed by atoms with van der Waals surface area (Å²) in [6, 6.07) is 0.303. The molecular formula is C12H21NO2. The number of carboxylic acid groups (broad SMARTS) is 1. The quantitative estimate of drug-likeness (QED) is 0.624. The lowest BCUT2D eigenvalue weighted by atomic mass is 10.1. The molecule has 1 atom stereocenters. The van der Waals surface area contributed by atoms with Gasteiger partial charge in [-0.3, -0.25) is 9.69 Å². The topological polar surface area (TPSA) is 40.5 Å². The van der Waals surface area contributed by atoms with Crippen LogP contribution < -0.4 is 0 Å². The Hall–Kier alpha value is -1.01. The van der Waals surface area contributed by atoms with Crippen molar-refractivity contribution in [3.63, 3.8) is 0 Å². The Balaban J connectivity index is 4.26. The summed E-state index contributed by atoms with van der Waals surface area (Å²) in [5, 5.41) is 8.77. The SMILES string of the molecule is C#CCN(CC(=O)O)C(CC)CCCC. The van der Waals surface area contributed by atoms with Gasteiger partial charge in [0.05, 0.1) is 13.1 Å². The first kappa shape index (κ1) is 14.0. The molecule has 1 unspecified atom stereocenters. The molecule has 0 fully saturated rings. The van der Waals surface area contributed by atoms with Gasteiger partial charge in [0.25, 0.3) is 0 Å². The summed E-state index contributed by atoms with van der Waals surface area (Å²) in [5.41, 5.74) is 0. The van der Waals surface area contributed by atoms with Crippen molar-refractivity contribution in [3.8, 4) is 12.3 Å². The summed E-state index contributed by atoms with van der Waals surface area (Å²) in [5.74, 6) is 1.72. The highest BCUT2D eigenvalue weighted by Gasteiger charge is 2.17. The second-order valence-electron chi connectivity index (χ2n) is 3.71. The molecule has 0 aliphatic carbocycles. The van der Waals surface area contributed by atoms with Crippen LogP contribution >= 0.6 is 0 Å². The average Bonchev–Trinajstić information content (AvgIpc) is 2.18. The molecule has 3 nitrogen and oxygen atoms in total. The standard InChI is InChI=1S/C12H21NO2/c1-4-7-8-11(6-3)13(9-5-2)10-12(14)15/h2,11H,4,6-10H2,1,3H3,(H,14,15). The lowest BCUT2D eigenvalue weighted by Gasteiger charge is -2.27. The third kappa shape index (κ3) is 6.14. The molecule has 86 valence electrons. The van der Waals surface area contributed by atoms with Crippen molar-refractivity contribution in [2.75, 3.05) is 13.1 Å². The molecular weight excluding hydrogens is 190 g/mol. The van der Waals surface area contributed by atoms with Crippen LogP contribution in [0.15, 0.2) is 0 Å². The van der Waals surface area contributed by atoms with Crippen molar-refractivity contribution < 1.29 is 9.90 Å². The molecule has 0 aromatic heterocycles. The maximum absolute atomic E-state index is 10.7. The molecule has 0 spiro atoms. The highest BCUT2D eigenvalue weighted by Crippen LogP contribution is 2.11. The van der Waals surface area contributed by atoms with Crippen molar-refractivity contribution in [2.45, 2.75) is 45.6 Å². The minimum Gasteiger partial charge on any atom is -0.480 e. The number of nitrogens with zero attached hydrogens (tertiary/aromatic N) is 1. The highest BCUT2D eigenvalue weighted by atomic mass is 16.4. The minimum atomic E-state index is -0.805. The van der Waals surface area contributed by atoms with E-state index in [-0.39, 0.29) is 6.54 Å². The third-order valence-corrected chi connectivity index (χ3v) is 2.51. The van der Waals surface area contributed by atoms with E-state index in [9.17, 15) is 4.79 Å². The molecule has 0 amide bonds. The van der Waals surface area contributed by atoms with Crippen LogP contribution in [-0.2, 0) is 4.79 Å². The Labute approximate surface area is 92.5 Å². The molecule has 0 aromatic carbocycles. The number of hydrogen-bond donors (Lipinski definition) is 1. The second kappa shape index (κ2) is 8.31. The lowest BCUT2D eigenvalue weighted by molar-refractivity contribution is -0.138. The number of unbranched alkanes of at least 4 members (excludes halogenated alkanes) is 1. The molecule has 0 radical (unpaired) electrons. The highest BCUT2D eigenvalue weighted by molar-refractivity contribution is 5.69. The van der Waals surface area contributed by atoms with Gasteiger partial charge >= 0.3 is 5.97 Å². The monoisotopic (exact) mass is 211 g/mol.